The number of hydrogen-bond donors (Lipinski definition) is 4. The number of nitrogen functional groups attached to an aromatic ring is 1. The number of hydrogen-bond acceptors (Lipinski definition) is 6. The van der Waals surface area contributed by atoms with E-state index >= 15 is 0 Å². The number of carbonyl (C=O) groups is 1. The highest BCUT2D eigenvalue weighted by atomic mass is 35.5. The van der Waals surface area contributed by atoms with Crippen molar-refractivity contribution in [3.8, 4) is 22.8 Å². The lowest BCUT2D eigenvalue weighted by Gasteiger charge is -2.11. The van der Waals surface area contributed by atoms with Gasteiger partial charge in [0.2, 0.25) is 0 Å². The zero-order valence-corrected chi connectivity index (χ0v) is 15.1. The number of methoxy groups -OCH3 is 1. The van der Waals surface area contributed by atoms with E-state index in [1.165, 1.54) is 19.2 Å². The van der Waals surface area contributed by atoms with Gasteiger partial charge in [-0.25, -0.2) is 9.37 Å². The van der Waals surface area contributed by atoms with Crippen LogP contribution in [0.25, 0.3) is 11.3 Å². The molecule has 1 amide bonds. The molecule has 27 heavy (non-hydrogen) atoms. The number of benzene rings is 1. The molecule has 0 aliphatic rings. The molecule has 0 fully saturated rings. The van der Waals surface area contributed by atoms with Crippen LogP contribution in [-0.2, 0) is 0 Å². The number of nitrogens with zero attached hydrogens (tertiary/aromatic N) is 2. The normalized spacial score (nSPS) is 10.7. The van der Waals surface area contributed by atoms with Gasteiger partial charge in [0.05, 0.1) is 24.1 Å². The van der Waals surface area contributed by atoms with Gasteiger partial charge in [0, 0.05) is 5.56 Å². The SMILES string of the molecule is COc1ccc(-c2cc(O)c(C(=O)Nc3c(Cl)n[nH]c3C)cc2F)nc1N. The van der Waals surface area contributed by atoms with Crippen LogP contribution in [0.4, 0.5) is 15.9 Å². The lowest BCUT2D eigenvalue weighted by Crippen LogP contribution is -2.13. The van der Waals surface area contributed by atoms with Crippen LogP contribution in [-0.4, -0.2) is 33.3 Å². The number of nitrogens with two attached hydrogens (primary N) is 1. The molecule has 2 heterocycles. The first kappa shape index (κ1) is 18.5. The average molecular weight is 392 g/mol. The molecule has 0 radical (unpaired) electrons. The molecule has 0 unspecified atom stereocenters. The van der Waals surface area contributed by atoms with Crippen LogP contribution >= 0.6 is 11.6 Å². The summed E-state index contributed by atoms with van der Waals surface area (Å²) in [6.45, 7) is 1.65. The van der Waals surface area contributed by atoms with Gasteiger partial charge in [0.15, 0.2) is 16.7 Å². The number of phenols is 1. The fourth-order valence-electron chi connectivity index (χ4n) is 2.45. The number of ether oxygens (including phenoxy) is 1. The third kappa shape index (κ3) is 3.49. The quantitative estimate of drug-likeness (QED) is 0.541. The van der Waals surface area contributed by atoms with E-state index in [2.05, 4.69) is 20.5 Å². The lowest BCUT2D eigenvalue weighted by atomic mass is 10.1. The minimum atomic E-state index is -0.759. The predicted octanol–water partition coefficient (Wildman–Crippen LogP) is 3.12. The summed E-state index contributed by atoms with van der Waals surface area (Å²) in [5.74, 6) is -1.53. The van der Waals surface area contributed by atoms with Crippen molar-refractivity contribution in [3.05, 3.63) is 46.5 Å². The molecular weight excluding hydrogens is 377 g/mol. The lowest BCUT2D eigenvalue weighted by molar-refractivity contribution is 0.102. The number of halogens is 2. The van der Waals surface area contributed by atoms with Gasteiger partial charge in [0.25, 0.3) is 5.91 Å². The highest BCUT2D eigenvalue weighted by molar-refractivity contribution is 6.33. The van der Waals surface area contributed by atoms with Gasteiger partial charge in [-0.2, -0.15) is 5.10 Å². The van der Waals surface area contributed by atoms with E-state index in [0.717, 1.165) is 12.1 Å². The molecule has 10 heteroatoms. The molecule has 0 atom stereocenters. The molecule has 0 saturated heterocycles. The van der Waals surface area contributed by atoms with Crippen molar-refractivity contribution in [1.29, 1.82) is 0 Å². The van der Waals surface area contributed by atoms with Crippen molar-refractivity contribution < 1.29 is 19.0 Å². The predicted molar refractivity (Wildman–Crippen MR) is 98.5 cm³/mol. The van der Waals surface area contributed by atoms with Gasteiger partial charge in [-0.1, -0.05) is 11.6 Å². The number of aromatic nitrogens is 3. The Morgan fingerprint density at radius 3 is 2.74 bits per heavy atom. The summed E-state index contributed by atoms with van der Waals surface area (Å²) in [5.41, 5.74) is 6.39. The second-order valence-electron chi connectivity index (χ2n) is 5.60. The Balaban J connectivity index is 1.95. The molecule has 3 rings (SSSR count). The summed E-state index contributed by atoms with van der Waals surface area (Å²) in [6.07, 6.45) is 0. The van der Waals surface area contributed by atoms with E-state index in [-0.39, 0.29) is 33.5 Å². The number of pyridine rings is 1. The van der Waals surface area contributed by atoms with Crippen molar-refractivity contribution >= 4 is 29.0 Å². The molecule has 0 aliphatic carbocycles. The van der Waals surface area contributed by atoms with Crippen LogP contribution in [0.15, 0.2) is 24.3 Å². The minimum Gasteiger partial charge on any atom is -0.507 e. The molecule has 0 saturated carbocycles. The van der Waals surface area contributed by atoms with Crippen molar-refractivity contribution in [2.45, 2.75) is 6.92 Å². The van der Waals surface area contributed by atoms with Crippen molar-refractivity contribution in [2.24, 2.45) is 0 Å². The third-order valence-electron chi connectivity index (χ3n) is 3.85. The Morgan fingerprint density at radius 2 is 2.15 bits per heavy atom. The molecular formula is C17H15ClFN5O3. The Bertz CT molecular complexity index is 1020. The first-order chi connectivity index (χ1) is 12.8. The number of nitrogens with one attached hydrogen (secondary N) is 2. The number of aromatic amines is 1. The van der Waals surface area contributed by atoms with E-state index in [1.807, 2.05) is 0 Å². The Hall–Kier alpha value is -3.33. The standard InChI is InChI=1S/C17H15ClFN5O3/c1-7-14(15(18)24-23-7)22-17(26)9-5-10(19)8(6-12(9)25)11-3-4-13(27-2)16(20)21-11/h3-6,25H,1-2H3,(H2,20,21)(H,22,26)(H,23,24). The van der Waals surface area contributed by atoms with Gasteiger partial charge in [0.1, 0.15) is 17.3 Å². The average Bonchev–Trinajstić information content (AvgIpc) is 2.95. The molecule has 0 aliphatic heterocycles. The number of carbonyl (C=O) groups excluding carboxylic acids is 1. The van der Waals surface area contributed by atoms with Crippen LogP contribution < -0.4 is 15.8 Å². The number of aryl methyl sites for hydroxylation is 1. The summed E-state index contributed by atoms with van der Waals surface area (Å²) in [4.78, 5) is 16.4. The van der Waals surface area contributed by atoms with E-state index in [9.17, 15) is 14.3 Å². The van der Waals surface area contributed by atoms with Crippen LogP contribution in [0.5, 0.6) is 11.5 Å². The molecule has 5 N–H and O–H groups in total. The number of amides is 1. The number of rotatable bonds is 4. The number of aromatic hydroxyl groups is 1. The molecule has 8 nitrogen and oxygen atoms in total. The van der Waals surface area contributed by atoms with E-state index < -0.39 is 17.5 Å². The highest BCUT2D eigenvalue weighted by Gasteiger charge is 2.20. The molecule has 140 valence electrons. The van der Waals surface area contributed by atoms with Gasteiger partial charge >= 0.3 is 0 Å². The fraction of sp³-hybridized carbons (Fsp3) is 0.118. The van der Waals surface area contributed by atoms with Crippen LogP contribution in [0.1, 0.15) is 16.1 Å². The first-order valence-electron chi connectivity index (χ1n) is 7.67. The maximum atomic E-state index is 14.6. The maximum Gasteiger partial charge on any atom is 0.259 e. The summed E-state index contributed by atoms with van der Waals surface area (Å²) >= 11 is 5.87. The Labute approximate surface area is 158 Å². The molecule has 0 spiro atoms. The fourth-order valence-corrected chi connectivity index (χ4v) is 2.68. The van der Waals surface area contributed by atoms with E-state index in [1.54, 1.807) is 6.92 Å². The maximum absolute atomic E-state index is 14.6. The minimum absolute atomic E-state index is 0.0177. The van der Waals surface area contributed by atoms with Crippen LogP contribution in [0, 0.1) is 12.7 Å². The first-order valence-corrected chi connectivity index (χ1v) is 8.04. The highest BCUT2D eigenvalue weighted by Crippen LogP contribution is 2.32. The zero-order chi connectivity index (χ0) is 19.7. The monoisotopic (exact) mass is 391 g/mol. The molecule has 1 aromatic carbocycles. The van der Waals surface area contributed by atoms with E-state index in [0.29, 0.717) is 11.4 Å². The van der Waals surface area contributed by atoms with Gasteiger partial charge < -0.3 is 20.9 Å². The summed E-state index contributed by atoms with van der Waals surface area (Å²) in [6, 6.07) is 5.02. The summed E-state index contributed by atoms with van der Waals surface area (Å²) in [7, 11) is 1.43. The Kier molecular flexibility index (Phi) is 4.87. The molecule has 3 aromatic rings. The molecule has 2 aromatic heterocycles. The zero-order valence-electron chi connectivity index (χ0n) is 14.3. The molecule has 0 bridgehead atoms. The summed E-state index contributed by atoms with van der Waals surface area (Å²) in [5, 5.41) is 19.1. The van der Waals surface area contributed by atoms with Crippen molar-refractivity contribution in [1.82, 2.24) is 15.2 Å². The second-order valence-corrected chi connectivity index (χ2v) is 5.96. The van der Waals surface area contributed by atoms with Gasteiger partial charge in [-0.15, -0.1) is 0 Å². The van der Waals surface area contributed by atoms with E-state index in [4.69, 9.17) is 22.1 Å². The van der Waals surface area contributed by atoms with Crippen LogP contribution in [0.3, 0.4) is 0 Å². The smallest absolute Gasteiger partial charge is 0.259 e. The largest absolute Gasteiger partial charge is 0.507 e. The van der Waals surface area contributed by atoms with Crippen LogP contribution in [0.2, 0.25) is 5.15 Å². The number of phenolic OH excluding ortho intramolecular Hbond substituents is 1. The third-order valence-corrected chi connectivity index (χ3v) is 4.13. The van der Waals surface area contributed by atoms with Crippen molar-refractivity contribution in [2.75, 3.05) is 18.2 Å². The summed E-state index contributed by atoms with van der Waals surface area (Å²) < 4.78 is 19.6. The number of H-pyrrole nitrogens is 1. The van der Waals surface area contributed by atoms with Crippen molar-refractivity contribution in [3.63, 3.8) is 0 Å². The number of anilines is 2. The second kappa shape index (κ2) is 7.12. The van der Waals surface area contributed by atoms with Gasteiger partial charge in [-0.3, -0.25) is 9.89 Å². The topological polar surface area (TPSA) is 126 Å². The Morgan fingerprint density at radius 1 is 1.41 bits per heavy atom. The van der Waals surface area contributed by atoms with Gasteiger partial charge in [-0.05, 0) is 31.2 Å².